The number of hydrogen-bond acceptors (Lipinski definition) is 3. The summed E-state index contributed by atoms with van der Waals surface area (Å²) in [5.41, 5.74) is 0.440. The van der Waals surface area contributed by atoms with E-state index in [1.54, 1.807) is 6.92 Å². The highest BCUT2D eigenvalue weighted by molar-refractivity contribution is 6.03. The van der Waals surface area contributed by atoms with Crippen molar-refractivity contribution in [3.8, 4) is 0 Å². The van der Waals surface area contributed by atoms with E-state index in [-0.39, 0.29) is 17.3 Å². The first-order valence-corrected chi connectivity index (χ1v) is 3.75. The molecule has 0 aromatic carbocycles. The molecule has 0 fully saturated rings. The molecule has 0 atom stereocenters. The van der Waals surface area contributed by atoms with Gasteiger partial charge in [0.1, 0.15) is 11.6 Å². The maximum atomic E-state index is 11.0. The van der Waals surface area contributed by atoms with Crippen LogP contribution < -0.4 is 0 Å². The maximum Gasteiger partial charge on any atom is 0.144 e. The number of hydrogen-bond donors (Lipinski definition) is 1. The Balaban J connectivity index is 4.90. The smallest absolute Gasteiger partial charge is 0.144 e. The zero-order chi connectivity index (χ0) is 9.89. The Labute approximate surface area is 72.1 Å². The summed E-state index contributed by atoms with van der Waals surface area (Å²) < 4.78 is 0. The van der Waals surface area contributed by atoms with Crippen molar-refractivity contribution < 1.29 is 14.7 Å². The van der Waals surface area contributed by atoms with Crippen LogP contribution in [0.4, 0.5) is 0 Å². The summed E-state index contributed by atoms with van der Waals surface area (Å²) in [7, 11) is 0. The summed E-state index contributed by atoms with van der Waals surface area (Å²) in [5.74, 6) is -1.18. The molecule has 0 aliphatic rings. The van der Waals surface area contributed by atoms with Crippen LogP contribution in [0.2, 0.25) is 0 Å². The summed E-state index contributed by atoms with van der Waals surface area (Å²) in [6.45, 7) is 5.74. The molecule has 3 nitrogen and oxygen atoms in total. The normalized spacial score (nSPS) is 12.8. The molecule has 0 saturated carbocycles. The van der Waals surface area contributed by atoms with E-state index in [4.69, 9.17) is 5.11 Å². The summed E-state index contributed by atoms with van der Waals surface area (Å²) in [6, 6.07) is 0. The molecule has 0 spiro atoms. The minimum atomic E-state index is -0.769. The molecule has 1 N–H and O–H groups in total. The minimum Gasteiger partial charge on any atom is -0.513 e. The fourth-order valence-electron chi connectivity index (χ4n) is 1.10. The molecule has 0 unspecified atom stereocenters. The van der Waals surface area contributed by atoms with Gasteiger partial charge in [-0.1, -0.05) is 0 Å². The van der Waals surface area contributed by atoms with Gasteiger partial charge in [-0.25, -0.2) is 0 Å². The predicted molar refractivity (Wildman–Crippen MR) is 45.9 cm³/mol. The van der Waals surface area contributed by atoms with E-state index in [0.29, 0.717) is 5.57 Å². The molecule has 0 rings (SSSR count). The van der Waals surface area contributed by atoms with Crippen LogP contribution in [-0.4, -0.2) is 16.7 Å². The van der Waals surface area contributed by atoms with E-state index in [0.717, 1.165) is 0 Å². The molecule has 0 aliphatic heterocycles. The third kappa shape index (κ3) is 2.49. The van der Waals surface area contributed by atoms with Crippen LogP contribution in [0.1, 0.15) is 27.7 Å². The molecule has 0 aromatic heterocycles. The third-order valence-electron chi connectivity index (χ3n) is 1.82. The van der Waals surface area contributed by atoms with E-state index >= 15 is 0 Å². The Morgan fingerprint density at radius 3 is 1.42 bits per heavy atom. The Morgan fingerprint density at radius 1 is 1.00 bits per heavy atom. The molecule has 0 amide bonds. The van der Waals surface area contributed by atoms with E-state index in [1.807, 2.05) is 0 Å². The van der Waals surface area contributed by atoms with Gasteiger partial charge in [0, 0.05) is 0 Å². The summed E-state index contributed by atoms with van der Waals surface area (Å²) >= 11 is 0. The lowest BCUT2D eigenvalue weighted by Crippen LogP contribution is -2.21. The summed E-state index contributed by atoms with van der Waals surface area (Å²) in [4.78, 5) is 21.9. The van der Waals surface area contributed by atoms with E-state index < -0.39 is 5.92 Å². The lowest BCUT2D eigenvalue weighted by atomic mass is 9.92. The number of carbonyl (C=O) groups excluding carboxylic acids is 2. The Hall–Kier alpha value is -1.12. The van der Waals surface area contributed by atoms with Gasteiger partial charge in [0.2, 0.25) is 0 Å². The highest BCUT2D eigenvalue weighted by Gasteiger charge is 2.22. The first kappa shape index (κ1) is 10.9. The lowest BCUT2D eigenvalue weighted by Gasteiger charge is -2.11. The monoisotopic (exact) mass is 170 g/mol. The standard InChI is InChI=1S/C9H14O3/c1-5(6(2)10)9(7(3)11)8(4)12/h9-10H,1-4H3/b6-5-. The zero-order valence-electron chi connectivity index (χ0n) is 7.84. The second-order valence-corrected chi connectivity index (χ2v) is 2.92. The van der Waals surface area contributed by atoms with Crippen LogP contribution in [0, 0.1) is 5.92 Å². The average Bonchev–Trinajstić information content (AvgIpc) is 1.85. The highest BCUT2D eigenvalue weighted by Crippen LogP contribution is 2.15. The van der Waals surface area contributed by atoms with Crippen molar-refractivity contribution in [2.24, 2.45) is 5.92 Å². The SMILES string of the molecule is CC(=O)C(C(C)=O)/C(C)=C(/C)O. The molecule has 0 aliphatic carbocycles. The number of allylic oxidation sites excluding steroid dienone is 2. The first-order valence-electron chi connectivity index (χ1n) is 3.75. The van der Waals surface area contributed by atoms with Crippen molar-refractivity contribution in [1.82, 2.24) is 0 Å². The van der Waals surface area contributed by atoms with Crippen molar-refractivity contribution >= 4 is 11.6 Å². The molecular formula is C9H14O3. The Morgan fingerprint density at radius 2 is 1.33 bits per heavy atom. The number of aliphatic hydroxyl groups is 1. The van der Waals surface area contributed by atoms with Gasteiger partial charge < -0.3 is 5.11 Å². The molecular weight excluding hydrogens is 156 g/mol. The second kappa shape index (κ2) is 4.04. The van der Waals surface area contributed by atoms with Gasteiger partial charge in [-0.2, -0.15) is 0 Å². The van der Waals surface area contributed by atoms with E-state index in [9.17, 15) is 9.59 Å². The van der Waals surface area contributed by atoms with Crippen LogP contribution in [0.15, 0.2) is 11.3 Å². The van der Waals surface area contributed by atoms with E-state index in [2.05, 4.69) is 0 Å². The molecule has 0 bridgehead atoms. The van der Waals surface area contributed by atoms with Crippen LogP contribution >= 0.6 is 0 Å². The number of Topliss-reactive ketones (excluding diaryl/α,β-unsaturated/α-hetero) is 2. The Kier molecular flexibility index (Phi) is 3.67. The van der Waals surface area contributed by atoms with Gasteiger partial charge in [0.05, 0.1) is 11.7 Å². The van der Waals surface area contributed by atoms with Gasteiger partial charge in [-0.15, -0.1) is 0 Å². The van der Waals surface area contributed by atoms with Gasteiger partial charge in [0.15, 0.2) is 0 Å². The quantitative estimate of drug-likeness (QED) is 0.517. The number of carbonyl (C=O) groups is 2. The number of aliphatic hydroxyl groups excluding tert-OH is 1. The van der Waals surface area contributed by atoms with Crippen molar-refractivity contribution in [2.75, 3.05) is 0 Å². The fraction of sp³-hybridized carbons (Fsp3) is 0.556. The molecule has 12 heavy (non-hydrogen) atoms. The van der Waals surface area contributed by atoms with Crippen LogP contribution in [-0.2, 0) is 9.59 Å². The molecule has 0 radical (unpaired) electrons. The number of rotatable bonds is 3. The van der Waals surface area contributed by atoms with Crippen LogP contribution in [0.3, 0.4) is 0 Å². The van der Waals surface area contributed by atoms with Crippen LogP contribution in [0.5, 0.6) is 0 Å². The van der Waals surface area contributed by atoms with Gasteiger partial charge >= 0.3 is 0 Å². The first-order chi connectivity index (χ1) is 5.37. The predicted octanol–water partition coefficient (Wildman–Crippen LogP) is 1.63. The van der Waals surface area contributed by atoms with Crippen molar-refractivity contribution in [1.29, 1.82) is 0 Å². The van der Waals surface area contributed by atoms with Gasteiger partial charge in [-0.3, -0.25) is 9.59 Å². The average molecular weight is 170 g/mol. The lowest BCUT2D eigenvalue weighted by molar-refractivity contribution is -0.128. The van der Waals surface area contributed by atoms with Gasteiger partial charge in [-0.05, 0) is 33.3 Å². The highest BCUT2D eigenvalue weighted by atomic mass is 16.3. The largest absolute Gasteiger partial charge is 0.513 e. The molecule has 0 saturated heterocycles. The van der Waals surface area contributed by atoms with Crippen molar-refractivity contribution in [3.63, 3.8) is 0 Å². The molecule has 68 valence electrons. The zero-order valence-corrected chi connectivity index (χ0v) is 7.84. The maximum absolute atomic E-state index is 11.0. The number of ketones is 2. The molecule has 0 heterocycles. The molecule has 3 heteroatoms. The van der Waals surface area contributed by atoms with Gasteiger partial charge in [0.25, 0.3) is 0 Å². The molecule has 0 aromatic rings. The second-order valence-electron chi connectivity index (χ2n) is 2.92. The topological polar surface area (TPSA) is 54.4 Å². The summed E-state index contributed by atoms with van der Waals surface area (Å²) in [5, 5.41) is 9.06. The fourth-order valence-corrected chi connectivity index (χ4v) is 1.10. The van der Waals surface area contributed by atoms with Crippen molar-refractivity contribution in [3.05, 3.63) is 11.3 Å². The summed E-state index contributed by atoms with van der Waals surface area (Å²) in [6.07, 6.45) is 0. The minimum absolute atomic E-state index is 0.0467. The van der Waals surface area contributed by atoms with Crippen LogP contribution in [0.25, 0.3) is 0 Å². The van der Waals surface area contributed by atoms with Crippen molar-refractivity contribution in [2.45, 2.75) is 27.7 Å². The van der Waals surface area contributed by atoms with E-state index in [1.165, 1.54) is 20.8 Å². The third-order valence-corrected chi connectivity index (χ3v) is 1.82. The Bertz CT molecular complexity index is 220.